The molecule has 0 aliphatic heterocycles. The molecule has 1 aliphatic carbocycles. The summed E-state index contributed by atoms with van der Waals surface area (Å²) in [5, 5.41) is 21.7. The van der Waals surface area contributed by atoms with Crippen molar-refractivity contribution >= 4 is 28.6 Å². The van der Waals surface area contributed by atoms with E-state index in [1.165, 1.54) is 41.3 Å². The summed E-state index contributed by atoms with van der Waals surface area (Å²) in [6, 6.07) is 1.31. The van der Waals surface area contributed by atoms with E-state index in [1.807, 2.05) is 6.92 Å². The third kappa shape index (κ3) is 6.20. The molecule has 236 valence electrons. The number of carbonyl (C=O) groups is 1. The third-order valence-corrected chi connectivity index (χ3v) is 7.98. The second-order valence-corrected chi connectivity index (χ2v) is 11.0. The first-order valence-electron chi connectivity index (χ1n) is 14.3. The summed E-state index contributed by atoms with van der Waals surface area (Å²) < 4.78 is 48.2. The first-order valence-corrected chi connectivity index (χ1v) is 14.3. The molecule has 3 N–H and O–H groups in total. The lowest BCUT2D eigenvalue weighted by Gasteiger charge is -2.38. The van der Waals surface area contributed by atoms with Crippen molar-refractivity contribution in [1.82, 2.24) is 55.0 Å². The molecule has 0 aromatic carbocycles. The maximum absolute atomic E-state index is 13.5. The predicted octanol–water partition coefficient (Wildman–Crippen LogP) is 3.90. The number of rotatable bonds is 10. The van der Waals surface area contributed by atoms with Crippen LogP contribution in [0, 0.1) is 12.7 Å². The van der Waals surface area contributed by atoms with Gasteiger partial charge in [-0.2, -0.15) is 15.3 Å². The summed E-state index contributed by atoms with van der Waals surface area (Å²) in [6.07, 6.45) is 5.83. The van der Waals surface area contributed by atoms with Crippen LogP contribution in [-0.4, -0.2) is 74.7 Å². The molecular formula is C28H31F3N12O2. The number of aromatic nitrogens is 10. The summed E-state index contributed by atoms with van der Waals surface area (Å²) in [7, 11) is 1.50. The van der Waals surface area contributed by atoms with E-state index in [1.54, 1.807) is 13.0 Å². The van der Waals surface area contributed by atoms with Gasteiger partial charge < -0.3 is 15.4 Å². The van der Waals surface area contributed by atoms with E-state index in [0.717, 1.165) is 11.9 Å². The van der Waals surface area contributed by atoms with Gasteiger partial charge in [0, 0.05) is 24.8 Å². The highest BCUT2D eigenvalue weighted by Crippen LogP contribution is 2.40. The van der Waals surface area contributed by atoms with E-state index in [-0.39, 0.29) is 17.5 Å². The number of aromatic amines is 1. The van der Waals surface area contributed by atoms with E-state index in [0.29, 0.717) is 60.0 Å². The number of nitrogens with one attached hydrogen (secondary N) is 3. The van der Waals surface area contributed by atoms with Crippen molar-refractivity contribution in [2.45, 2.75) is 70.1 Å². The number of ether oxygens (including phenoxy) is 1. The highest BCUT2D eigenvalue weighted by molar-refractivity contribution is 5.88. The van der Waals surface area contributed by atoms with Gasteiger partial charge in [-0.15, -0.1) is 0 Å². The van der Waals surface area contributed by atoms with Crippen LogP contribution in [0.5, 0.6) is 0 Å². The number of alkyl halides is 2. The molecule has 1 saturated carbocycles. The Morgan fingerprint density at radius 3 is 2.58 bits per heavy atom. The molecule has 0 saturated heterocycles. The fourth-order valence-electron chi connectivity index (χ4n) is 5.49. The smallest absolute Gasteiger partial charge is 0.258 e. The van der Waals surface area contributed by atoms with E-state index < -0.39 is 30.4 Å². The molecule has 0 radical (unpaired) electrons. The lowest BCUT2D eigenvalue weighted by Crippen LogP contribution is -2.51. The van der Waals surface area contributed by atoms with Gasteiger partial charge in [0.1, 0.15) is 23.8 Å². The standard InChI is InChI=1S/C28H31F3N12O2/c1-15-8-22(41-40-15)37-25-19-10-35-43(14-21(30)31)26(19)39-24(38-25)17-4-6-28(45-3,7-5-17)27(44)36-16(2)20-11-33-23(12-32-20)42-13-18(29)9-34-42/h8-13,16-17,21H,4-7,14H2,1-3H3,(H,36,44)(H2,37,38,39,40,41)/t16-,17-,28+/m0/s1. The van der Waals surface area contributed by atoms with Gasteiger partial charge in [0.2, 0.25) is 0 Å². The minimum absolute atomic E-state index is 0.162. The number of hydrogen-bond donors (Lipinski definition) is 3. The Balaban J connectivity index is 1.17. The van der Waals surface area contributed by atoms with E-state index in [2.05, 4.69) is 46.0 Å². The Morgan fingerprint density at radius 2 is 1.96 bits per heavy atom. The zero-order valence-electron chi connectivity index (χ0n) is 24.7. The van der Waals surface area contributed by atoms with Crippen LogP contribution in [0.25, 0.3) is 16.9 Å². The summed E-state index contributed by atoms with van der Waals surface area (Å²) in [6.45, 7) is 3.03. The van der Waals surface area contributed by atoms with Crippen LogP contribution < -0.4 is 10.6 Å². The molecule has 1 atom stereocenters. The first-order chi connectivity index (χ1) is 21.6. The zero-order chi connectivity index (χ0) is 31.7. The maximum Gasteiger partial charge on any atom is 0.258 e. The highest BCUT2D eigenvalue weighted by Gasteiger charge is 2.43. The molecule has 14 nitrogen and oxygen atoms in total. The number of amides is 1. The summed E-state index contributed by atoms with van der Waals surface area (Å²) in [5.41, 5.74) is 0.533. The number of halogens is 3. The molecule has 17 heteroatoms. The molecule has 5 aromatic heterocycles. The van der Waals surface area contributed by atoms with Crippen LogP contribution in [0.15, 0.2) is 37.1 Å². The Hall–Kier alpha value is -4.93. The van der Waals surface area contributed by atoms with Crippen LogP contribution >= 0.6 is 0 Å². The third-order valence-electron chi connectivity index (χ3n) is 7.98. The topological polar surface area (TPSA) is 166 Å². The van der Waals surface area contributed by atoms with Gasteiger partial charge >= 0.3 is 0 Å². The highest BCUT2D eigenvalue weighted by atomic mass is 19.3. The van der Waals surface area contributed by atoms with Gasteiger partial charge in [-0.05, 0) is 39.5 Å². The van der Waals surface area contributed by atoms with Gasteiger partial charge in [-0.1, -0.05) is 0 Å². The molecule has 0 unspecified atom stereocenters. The number of methoxy groups -OCH3 is 1. The monoisotopic (exact) mass is 624 g/mol. The number of carbonyl (C=O) groups excluding carboxylic acids is 1. The predicted molar refractivity (Wildman–Crippen MR) is 155 cm³/mol. The number of hydrogen-bond acceptors (Lipinski definition) is 10. The molecular weight excluding hydrogens is 593 g/mol. The van der Waals surface area contributed by atoms with Crippen LogP contribution in [-0.2, 0) is 16.1 Å². The van der Waals surface area contributed by atoms with Crippen molar-refractivity contribution in [3.63, 3.8) is 0 Å². The van der Waals surface area contributed by atoms with Crippen molar-refractivity contribution in [3.05, 3.63) is 60.1 Å². The van der Waals surface area contributed by atoms with Gasteiger partial charge in [0.05, 0.1) is 48.1 Å². The van der Waals surface area contributed by atoms with Crippen molar-refractivity contribution in [2.24, 2.45) is 0 Å². The molecule has 5 aromatic rings. The molecule has 0 spiro atoms. The van der Waals surface area contributed by atoms with Crippen molar-refractivity contribution in [2.75, 3.05) is 12.4 Å². The summed E-state index contributed by atoms with van der Waals surface area (Å²) in [5.74, 6) is 0.767. The van der Waals surface area contributed by atoms with E-state index in [4.69, 9.17) is 9.72 Å². The number of fused-ring (bicyclic) bond motifs is 1. The maximum atomic E-state index is 13.5. The molecule has 0 bridgehead atoms. The van der Waals surface area contributed by atoms with Crippen molar-refractivity contribution in [1.29, 1.82) is 0 Å². The Bertz CT molecular complexity index is 1790. The molecule has 5 heterocycles. The zero-order valence-corrected chi connectivity index (χ0v) is 24.7. The number of H-pyrrole nitrogens is 1. The SMILES string of the molecule is CO[C@]1(C(=O)N[C@@H](C)c2cnc(-n3cc(F)cn3)cn2)CC[C@H](c2nc(Nc3cc(C)[nH]n3)c3cnn(CC(F)F)c3n2)CC1. The largest absolute Gasteiger partial charge is 0.368 e. The average Bonchev–Trinajstić information content (AvgIpc) is 3.77. The molecule has 1 amide bonds. The Kier molecular flexibility index (Phi) is 8.18. The number of nitrogens with zero attached hydrogens (tertiary/aromatic N) is 9. The van der Waals surface area contributed by atoms with Crippen molar-refractivity contribution < 1.29 is 22.7 Å². The molecule has 6 rings (SSSR count). The normalized spacial score (nSPS) is 19.2. The quantitative estimate of drug-likeness (QED) is 0.207. The van der Waals surface area contributed by atoms with Crippen LogP contribution in [0.3, 0.4) is 0 Å². The van der Waals surface area contributed by atoms with E-state index in [9.17, 15) is 18.0 Å². The first kappa shape index (κ1) is 30.1. The van der Waals surface area contributed by atoms with E-state index >= 15 is 0 Å². The lowest BCUT2D eigenvalue weighted by molar-refractivity contribution is -0.148. The van der Waals surface area contributed by atoms with Gasteiger partial charge in [-0.25, -0.2) is 37.5 Å². The second kappa shape index (κ2) is 12.2. The minimum atomic E-state index is -2.61. The number of aryl methyl sites for hydroxylation is 1. The summed E-state index contributed by atoms with van der Waals surface area (Å²) >= 11 is 0. The average molecular weight is 625 g/mol. The van der Waals surface area contributed by atoms with Crippen LogP contribution in [0.1, 0.15) is 61.8 Å². The molecule has 45 heavy (non-hydrogen) atoms. The molecule has 1 aliphatic rings. The Labute approximate surface area is 254 Å². The molecule has 1 fully saturated rings. The number of anilines is 2. The lowest BCUT2D eigenvalue weighted by atomic mass is 9.77. The second-order valence-electron chi connectivity index (χ2n) is 11.0. The van der Waals surface area contributed by atoms with Crippen LogP contribution in [0.2, 0.25) is 0 Å². The fourth-order valence-corrected chi connectivity index (χ4v) is 5.49. The summed E-state index contributed by atoms with van der Waals surface area (Å²) in [4.78, 5) is 31.6. The van der Waals surface area contributed by atoms with Crippen LogP contribution in [0.4, 0.5) is 24.8 Å². The van der Waals surface area contributed by atoms with Gasteiger partial charge in [0.25, 0.3) is 12.3 Å². The minimum Gasteiger partial charge on any atom is -0.368 e. The van der Waals surface area contributed by atoms with Gasteiger partial charge in [0.15, 0.2) is 23.1 Å². The Morgan fingerprint density at radius 1 is 1.16 bits per heavy atom. The van der Waals surface area contributed by atoms with Gasteiger partial charge in [-0.3, -0.25) is 14.9 Å². The van der Waals surface area contributed by atoms with Crippen molar-refractivity contribution in [3.8, 4) is 5.82 Å². The fraction of sp³-hybridized carbons (Fsp3) is 0.429.